The molecule has 1 heterocycles. The number of carbonyl (C=O) groups excluding carboxylic acids is 3. The number of aromatic hydroxyl groups is 1. The van der Waals surface area contributed by atoms with Crippen LogP contribution in [0.1, 0.15) is 16.8 Å². The average molecular weight is 569 g/mol. The number of H-pyrrole nitrogens is 1. The lowest BCUT2D eigenvalue weighted by atomic mass is 10.0. The number of amides is 3. The Hall–Kier alpha value is -4.36. The molecule has 0 aliphatic rings. The number of hydrogen-bond donors (Lipinski definition) is 8. The Morgan fingerprint density at radius 3 is 2.02 bits per heavy atom. The van der Waals surface area contributed by atoms with Crippen molar-refractivity contribution in [3.8, 4) is 5.75 Å². The van der Waals surface area contributed by atoms with E-state index in [2.05, 4.69) is 38.5 Å². The lowest BCUT2D eigenvalue weighted by Crippen LogP contribution is -2.58. The van der Waals surface area contributed by atoms with E-state index in [9.17, 15) is 29.4 Å². The average Bonchev–Trinajstić information content (AvgIpc) is 3.45. The minimum atomic E-state index is -1.24. The fourth-order valence-corrected chi connectivity index (χ4v) is 4.13. The standard InChI is InChI=1S/C27H32N6O6S/c28-20(10-17-6-8-19(34)9-7-17)24(35)33-23(14-40)26(37)31-21(12-18-13-29-15-30-18)25(36)32-22(27(38)39)11-16-4-2-1-3-5-16/h1-9,13,15,20-23,34,40H,10-12,14,28H2,(H,29,30)(H,31,37)(H,32,36)(H,33,35)(H,38,39). The predicted molar refractivity (Wildman–Crippen MR) is 150 cm³/mol. The van der Waals surface area contributed by atoms with Crippen molar-refractivity contribution in [3.05, 3.63) is 83.9 Å². The van der Waals surface area contributed by atoms with Crippen LogP contribution < -0.4 is 21.7 Å². The maximum Gasteiger partial charge on any atom is 0.326 e. The first-order valence-corrected chi connectivity index (χ1v) is 13.1. The van der Waals surface area contributed by atoms with Gasteiger partial charge in [-0.05, 0) is 29.7 Å². The molecule has 4 atom stereocenters. The number of carboxylic acid groups (broad SMARTS) is 1. The Morgan fingerprint density at radius 1 is 0.825 bits per heavy atom. The molecule has 0 radical (unpaired) electrons. The molecule has 3 rings (SSSR count). The third-order valence-electron chi connectivity index (χ3n) is 6.05. The summed E-state index contributed by atoms with van der Waals surface area (Å²) in [5.41, 5.74) is 7.97. The number of carboxylic acids is 1. The van der Waals surface area contributed by atoms with Gasteiger partial charge in [0, 0.05) is 30.5 Å². The molecule has 8 N–H and O–H groups in total. The Balaban J connectivity index is 1.67. The zero-order chi connectivity index (χ0) is 29.1. The number of aliphatic carboxylic acids is 1. The van der Waals surface area contributed by atoms with Gasteiger partial charge in [0.25, 0.3) is 0 Å². The molecule has 0 saturated heterocycles. The molecule has 40 heavy (non-hydrogen) atoms. The van der Waals surface area contributed by atoms with E-state index in [1.165, 1.54) is 24.7 Å². The van der Waals surface area contributed by atoms with Crippen LogP contribution in [0, 0.1) is 0 Å². The number of thiol groups is 1. The van der Waals surface area contributed by atoms with Crippen LogP contribution in [0.3, 0.4) is 0 Å². The fourth-order valence-electron chi connectivity index (χ4n) is 3.87. The number of benzene rings is 2. The molecule has 0 fully saturated rings. The second-order valence-electron chi connectivity index (χ2n) is 9.15. The number of aromatic nitrogens is 2. The number of nitrogens with two attached hydrogens (primary N) is 1. The molecule has 13 heteroatoms. The molecule has 0 bridgehead atoms. The van der Waals surface area contributed by atoms with E-state index >= 15 is 0 Å². The number of carbonyl (C=O) groups is 4. The van der Waals surface area contributed by atoms with Gasteiger partial charge in [0.05, 0.1) is 12.4 Å². The molecule has 212 valence electrons. The molecule has 0 aliphatic carbocycles. The zero-order valence-corrected chi connectivity index (χ0v) is 22.4. The van der Waals surface area contributed by atoms with Gasteiger partial charge >= 0.3 is 5.97 Å². The van der Waals surface area contributed by atoms with Crippen LogP contribution in [0.4, 0.5) is 0 Å². The summed E-state index contributed by atoms with van der Waals surface area (Å²) in [4.78, 5) is 57.7. The van der Waals surface area contributed by atoms with Gasteiger partial charge in [-0.2, -0.15) is 12.6 Å². The van der Waals surface area contributed by atoms with E-state index in [1.54, 1.807) is 42.5 Å². The molecule has 0 aliphatic heterocycles. The van der Waals surface area contributed by atoms with E-state index in [-0.39, 0.29) is 30.8 Å². The highest BCUT2D eigenvalue weighted by Crippen LogP contribution is 2.11. The summed E-state index contributed by atoms with van der Waals surface area (Å²) >= 11 is 4.17. The van der Waals surface area contributed by atoms with Crippen molar-refractivity contribution in [2.45, 2.75) is 43.4 Å². The largest absolute Gasteiger partial charge is 0.508 e. The van der Waals surface area contributed by atoms with Gasteiger partial charge in [0.1, 0.15) is 23.9 Å². The topological polar surface area (TPSA) is 200 Å². The number of phenolic OH excluding ortho intramolecular Hbond substituents is 1. The van der Waals surface area contributed by atoms with Crippen LogP contribution in [0.5, 0.6) is 5.75 Å². The Labute approximate surface area is 236 Å². The Kier molecular flexibility index (Phi) is 11.1. The third kappa shape index (κ3) is 9.13. The van der Waals surface area contributed by atoms with Crippen molar-refractivity contribution in [2.75, 3.05) is 5.75 Å². The van der Waals surface area contributed by atoms with Gasteiger partial charge in [-0.25, -0.2) is 9.78 Å². The summed E-state index contributed by atoms with van der Waals surface area (Å²) in [6, 6.07) is 10.5. The zero-order valence-electron chi connectivity index (χ0n) is 21.5. The van der Waals surface area contributed by atoms with Crippen molar-refractivity contribution in [1.82, 2.24) is 25.9 Å². The van der Waals surface area contributed by atoms with Crippen LogP contribution in [0.15, 0.2) is 67.1 Å². The van der Waals surface area contributed by atoms with Crippen LogP contribution in [0.2, 0.25) is 0 Å². The molecule has 0 spiro atoms. The number of phenols is 1. The van der Waals surface area contributed by atoms with Crippen molar-refractivity contribution < 1.29 is 29.4 Å². The van der Waals surface area contributed by atoms with Gasteiger partial charge in [-0.15, -0.1) is 0 Å². The second kappa shape index (κ2) is 14.7. The molecule has 4 unspecified atom stereocenters. The van der Waals surface area contributed by atoms with Gasteiger partial charge in [0.2, 0.25) is 17.7 Å². The maximum absolute atomic E-state index is 13.2. The van der Waals surface area contributed by atoms with Crippen molar-refractivity contribution >= 4 is 36.3 Å². The quantitative estimate of drug-likeness (QED) is 0.124. The summed E-state index contributed by atoms with van der Waals surface area (Å²) in [6.07, 6.45) is 3.08. The smallest absolute Gasteiger partial charge is 0.326 e. The Morgan fingerprint density at radius 2 is 1.43 bits per heavy atom. The summed E-state index contributed by atoms with van der Waals surface area (Å²) in [6.45, 7) is 0. The SMILES string of the molecule is NC(Cc1ccc(O)cc1)C(=O)NC(CS)C(=O)NC(Cc1cnc[nH]1)C(=O)NC(Cc1ccccc1)C(=O)O. The van der Waals surface area contributed by atoms with E-state index < -0.39 is 47.9 Å². The van der Waals surface area contributed by atoms with Gasteiger partial charge in [0.15, 0.2) is 0 Å². The third-order valence-corrected chi connectivity index (χ3v) is 6.42. The maximum atomic E-state index is 13.2. The first kappa shape index (κ1) is 30.2. The highest BCUT2D eigenvalue weighted by Gasteiger charge is 2.30. The number of nitrogens with zero attached hydrogens (tertiary/aromatic N) is 1. The number of hydrogen-bond acceptors (Lipinski definition) is 8. The van der Waals surface area contributed by atoms with Crippen molar-refractivity contribution in [2.24, 2.45) is 5.73 Å². The minimum absolute atomic E-state index is 0.0111. The number of nitrogens with one attached hydrogen (secondary N) is 4. The Bertz CT molecular complexity index is 1270. The molecule has 3 aromatic rings. The molecule has 1 aromatic heterocycles. The fraction of sp³-hybridized carbons (Fsp3) is 0.296. The summed E-state index contributed by atoms with van der Waals surface area (Å²) < 4.78 is 0. The lowest BCUT2D eigenvalue weighted by Gasteiger charge is -2.24. The van der Waals surface area contributed by atoms with Crippen LogP contribution in [0.25, 0.3) is 0 Å². The van der Waals surface area contributed by atoms with Crippen LogP contribution in [-0.4, -0.2) is 73.8 Å². The molecule has 2 aromatic carbocycles. The van der Waals surface area contributed by atoms with E-state index in [4.69, 9.17) is 5.73 Å². The van der Waals surface area contributed by atoms with E-state index in [1.807, 2.05) is 0 Å². The highest BCUT2D eigenvalue weighted by atomic mass is 32.1. The monoisotopic (exact) mass is 568 g/mol. The molecular weight excluding hydrogens is 536 g/mol. The summed E-state index contributed by atoms with van der Waals surface area (Å²) in [7, 11) is 0. The van der Waals surface area contributed by atoms with Crippen LogP contribution >= 0.6 is 12.6 Å². The lowest BCUT2D eigenvalue weighted by molar-refractivity contribution is -0.142. The normalized spacial score (nSPS) is 13.8. The molecule has 3 amide bonds. The summed E-state index contributed by atoms with van der Waals surface area (Å²) in [5.74, 6) is -3.27. The van der Waals surface area contributed by atoms with E-state index in [0.717, 1.165) is 0 Å². The number of imidazole rings is 1. The van der Waals surface area contributed by atoms with Crippen LogP contribution in [-0.2, 0) is 38.4 Å². The molecular formula is C27H32N6O6S. The van der Waals surface area contributed by atoms with Crippen molar-refractivity contribution in [1.29, 1.82) is 0 Å². The first-order chi connectivity index (χ1) is 19.2. The second-order valence-corrected chi connectivity index (χ2v) is 9.52. The van der Waals surface area contributed by atoms with Crippen molar-refractivity contribution in [3.63, 3.8) is 0 Å². The number of aromatic amines is 1. The molecule has 0 saturated carbocycles. The molecule has 12 nitrogen and oxygen atoms in total. The van der Waals surface area contributed by atoms with Gasteiger partial charge in [-0.1, -0.05) is 42.5 Å². The minimum Gasteiger partial charge on any atom is -0.508 e. The summed E-state index contributed by atoms with van der Waals surface area (Å²) in [5, 5.41) is 26.8. The van der Waals surface area contributed by atoms with Gasteiger partial charge < -0.3 is 36.9 Å². The van der Waals surface area contributed by atoms with Gasteiger partial charge in [-0.3, -0.25) is 14.4 Å². The highest BCUT2D eigenvalue weighted by molar-refractivity contribution is 7.80. The van der Waals surface area contributed by atoms with E-state index in [0.29, 0.717) is 16.8 Å². The predicted octanol–water partition coefficient (Wildman–Crippen LogP) is -0.0607. The number of rotatable bonds is 14. The first-order valence-electron chi connectivity index (χ1n) is 12.5.